The molecule has 0 spiro atoms. The summed E-state index contributed by atoms with van der Waals surface area (Å²) in [5.41, 5.74) is 16.2. The fourth-order valence-corrected chi connectivity index (χ4v) is 3.23. The zero-order chi connectivity index (χ0) is 29.4. The Labute approximate surface area is 225 Å². The zero-order valence-electron chi connectivity index (χ0n) is 21.3. The van der Waals surface area contributed by atoms with Crippen molar-refractivity contribution in [2.75, 3.05) is 18.8 Å². The molecule has 0 rings (SSSR count). The quantitative estimate of drug-likeness (QED) is 0.0338. The van der Waals surface area contributed by atoms with E-state index < -0.39 is 78.6 Å². The lowest BCUT2D eigenvalue weighted by atomic mass is 9.97. The van der Waals surface area contributed by atoms with Gasteiger partial charge in [-0.15, -0.1) is 0 Å². The van der Waals surface area contributed by atoms with Gasteiger partial charge in [0.2, 0.25) is 23.6 Å². The van der Waals surface area contributed by atoms with E-state index >= 15 is 0 Å². The molecule has 0 aliphatic rings. The highest BCUT2D eigenvalue weighted by Gasteiger charge is 2.32. The first kappa shape index (κ1) is 34.4. The number of aliphatic carboxylic acids is 2. The maximum atomic E-state index is 12.8. The highest BCUT2D eigenvalue weighted by atomic mass is 32.1. The van der Waals surface area contributed by atoms with Crippen LogP contribution < -0.4 is 38.5 Å². The first-order valence-electron chi connectivity index (χ1n) is 11.8. The Hall–Kier alpha value is -3.60. The number of thiol groups is 1. The number of hydrogen-bond acceptors (Lipinski definition) is 9. The largest absolute Gasteiger partial charge is 0.481 e. The molecule has 0 heterocycles. The Kier molecular flexibility index (Phi) is 16.1. The van der Waals surface area contributed by atoms with Crippen molar-refractivity contribution in [3.05, 3.63) is 0 Å². The molecule has 0 unspecified atom stereocenters. The number of rotatable bonds is 18. The average Bonchev–Trinajstić information content (AvgIpc) is 2.84. The van der Waals surface area contributed by atoms with Crippen molar-refractivity contribution in [3.8, 4) is 0 Å². The first-order chi connectivity index (χ1) is 17.7. The molecule has 5 atom stereocenters. The van der Waals surface area contributed by atoms with E-state index in [-0.39, 0.29) is 24.7 Å². The number of nitrogens with two attached hydrogens (primary N) is 3. The maximum absolute atomic E-state index is 12.8. The van der Waals surface area contributed by atoms with E-state index in [4.69, 9.17) is 22.3 Å². The SMILES string of the molecule is CC[C@H](C)[C@H](NC(=O)[C@H](CC(=O)O)NC(=O)CNC(=O)[C@@H](N)CCCN=C(N)N)C(=O)N[C@@H](CS)C(=O)O. The standard InChI is InChI=1S/C21H38N8O8S/c1-3-10(2)16(19(35)28-13(9-38)20(36)37)29-18(34)12(7-15(31)32)27-14(30)8-26-17(33)11(22)5-4-6-25-21(23)24/h10-13,16,38H,3-9,22H2,1-2H3,(H,26,33)(H,27,30)(H,28,35)(H,29,34)(H,31,32)(H,36,37)(H4,23,24,25)/t10-,11-,12-,13-,16-/m0/s1. The minimum atomic E-state index is -1.59. The number of nitrogens with zero attached hydrogens (tertiary/aromatic N) is 1. The van der Waals surface area contributed by atoms with E-state index in [1.807, 2.05) is 0 Å². The summed E-state index contributed by atoms with van der Waals surface area (Å²) in [4.78, 5) is 76.2. The summed E-state index contributed by atoms with van der Waals surface area (Å²) < 4.78 is 0. The van der Waals surface area contributed by atoms with Crippen LogP contribution in [-0.2, 0) is 28.8 Å². The number of amides is 4. The molecule has 0 radical (unpaired) electrons. The van der Waals surface area contributed by atoms with Crippen molar-refractivity contribution in [2.45, 2.75) is 63.7 Å². The van der Waals surface area contributed by atoms with Crippen LogP contribution in [0, 0.1) is 5.92 Å². The maximum Gasteiger partial charge on any atom is 0.327 e. The Morgan fingerprint density at radius 1 is 0.947 bits per heavy atom. The third-order valence-corrected chi connectivity index (χ3v) is 5.71. The lowest BCUT2D eigenvalue weighted by molar-refractivity contribution is -0.143. The Bertz CT molecular complexity index is 883. The molecule has 216 valence electrons. The van der Waals surface area contributed by atoms with Gasteiger partial charge in [-0.1, -0.05) is 20.3 Å². The van der Waals surface area contributed by atoms with Crippen molar-refractivity contribution in [1.82, 2.24) is 21.3 Å². The van der Waals surface area contributed by atoms with E-state index in [1.54, 1.807) is 13.8 Å². The molecule has 0 aromatic rings. The van der Waals surface area contributed by atoms with Crippen LogP contribution in [-0.4, -0.2) is 94.7 Å². The van der Waals surface area contributed by atoms with Crippen LogP contribution >= 0.6 is 12.6 Å². The van der Waals surface area contributed by atoms with Crippen molar-refractivity contribution >= 4 is 54.2 Å². The Morgan fingerprint density at radius 3 is 2.08 bits per heavy atom. The third kappa shape index (κ3) is 13.6. The molecule has 4 amide bonds. The normalized spacial score (nSPS) is 14.5. The molecule has 0 bridgehead atoms. The molecule has 0 aromatic carbocycles. The monoisotopic (exact) mass is 562 g/mol. The van der Waals surface area contributed by atoms with Gasteiger partial charge in [0, 0.05) is 12.3 Å². The molecule has 0 saturated carbocycles. The van der Waals surface area contributed by atoms with Crippen LogP contribution in [0.5, 0.6) is 0 Å². The molecule has 0 aromatic heterocycles. The minimum Gasteiger partial charge on any atom is -0.481 e. The fourth-order valence-electron chi connectivity index (χ4n) is 2.98. The number of carbonyl (C=O) groups is 6. The molecule has 0 aliphatic carbocycles. The van der Waals surface area contributed by atoms with Crippen molar-refractivity contribution in [2.24, 2.45) is 28.1 Å². The number of nitrogens with one attached hydrogen (secondary N) is 4. The van der Waals surface area contributed by atoms with E-state index in [0.29, 0.717) is 12.8 Å². The van der Waals surface area contributed by atoms with Gasteiger partial charge in [-0.2, -0.15) is 12.6 Å². The van der Waals surface area contributed by atoms with Gasteiger partial charge in [-0.3, -0.25) is 29.0 Å². The van der Waals surface area contributed by atoms with Crippen LogP contribution in [0.3, 0.4) is 0 Å². The Morgan fingerprint density at radius 2 is 1.58 bits per heavy atom. The van der Waals surface area contributed by atoms with Gasteiger partial charge in [0.05, 0.1) is 19.0 Å². The van der Waals surface area contributed by atoms with Crippen molar-refractivity contribution in [3.63, 3.8) is 0 Å². The second-order valence-electron chi connectivity index (χ2n) is 8.44. The topological polar surface area (TPSA) is 281 Å². The molecule has 16 nitrogen and oxygen atoms in total. The lowest BCUT2D eigenvalue weighted by Crippen LogP contribution is -2.58. The van der Waals surface area contributed by atoms with E-state index in [1.165, 1.54) is 0 Å². The zero-order valence-corrected chi connectivity index (χ0v) is 22.2. The Balaban J connectivity index is 5.21. The number of hydrogen-bond donors (Lipinski definition) is 10. The van der Waals surface area contributed by atoms with Crippen LogP contribution in [0.15, 0.2) is 4.99 Å². The predicted octanol–water partition coefficient (Wildman–Crippen LogP) is -3.53. The molecule has 0 aliphatic heterocycles. The number of carboxylic acids is 2. The summed E-state index contributed by atoms with van der Waals surface area (Å²) in [6, 6.07) is -5.09. The van der Waals surface area contributed by atoms with Gasteiger partial charge in [0.15, 0.2) is 5.96 Å². The lowest BCUT2D eigenvalue weighted by Gasteiger charge is -2.27. The van der Waals surface area contributed by atoms with Gasteiger partial charge in [0.25, 0.3) is 0 Å². The molecule has 17 heteroatoms. The summed E-state index contributed by atoms with van der Waals surface area (Å²) in [7, 11) is 0. The van der Waals surface area contributed by atoms with Crippen LogP contribution in [0.2, 0.25) is 0 Å². The van der Waals surface area contributed by atoms with Crippen LogP contribution in [0.4, 0.5) is 0 Å². The molecular formula is C21H38N8O8S. The van der Waals surface area contributed by atoms with Crippen molar-refractivity contribution < 1.29 is 39.0 Å². The minimum absolute atomic E-state index is 0.0992. The van der Waals surface area contributed by atoms with Crippen LogP contribution in [0.25, 0.3) is 0 Å². The average molecular weight is 563 g/mol. The van der Waals surface area contributed by atoms with Gasteiger partial charge in [-0.05, 0) is 18.8 Å². The van der Waals surface area contributed by atoms with Crippen molar-refractivity contribution in [1.29, 1.82) is 0 Å². The summed E-state index contributed by atoms with van der Waals surface area (Å²) in [6.45, 7) is 3.02. The first-order valence-corrected chi connectivity index (χ1v) is 12.4. The summed E-state index contributed by atoms with van der Waals surface area (Å²) >= 11 is 3.88. The van der Waals surface area contributed by atoms with E-state index in [0.717, 1.165) is 0 Å². The summed E-state index contributed by atoms with van der Waals surface area (Å²) in [6.07, 6.45) is 0.221. The molecule has 38 heavy (non-hydrogen) atoms. The third-order valence-electron chi connectivity index (χ3n) is 5.35. The number of carboxylic acid groups (broad SMARTS) is 2. The number of guanidine groups is 1. The van der Waals surface area contributed by atoms with E-state index in [9.17, 15) is 33.9 Å². The molecule has 12 N–H and O–H groups in total. The van der Waals surface area contributed by atoms with Gasteiger partial charge in [-0.25, -0.2) is 4.79 Å². The molecular weight excluding hydrogens is 524 g/mol. The van der Waals surface area contributed by atoms with Gasteiger partial charge in [0.1, 0.15) is 18.1 Å². The molecule has 0 saturated heterocycles. The van der Waals surface area contributed by atoms with Crippen LogP contribution in [0.1, 0.15) is 39.5 Å². The van der Waals surface area contributed by atoms with E-state index in [2.05, 4.69) is 38.9 Å². The number of aliphatic imine (C=N–C) groups is 1. The molecule has 0 fully saturated rings. The fraction of sp³-hybridized carbons (Fsp3) is 0.667. The summed E-state index contributed by atoms with van der Waals surface area (Å²) in [5, 5.41) is 27.5. The van der Waals surface area contributed by atoms with Gasteiger partial charge < -0.3 is 48.7 Å². The smallest absolute Gasteiger partial charge is 0.327 e. The number of carbonyl (C=O) groups excluding carboxylic acids is 4. The summed E-state index contributed by atoms with van der Waals surface area (Å²) in [5.74, 6) is -6.84. The predicted molar refractivity (Wildman–Crippen MR) is 140 cm³/mol. The van der Waals surface area contributed by atoms with Gasteiger partial charge >= 0.3 is 11.9 Å². The second kappa shape index (κ2) is 17.8. The highest BCUT2D eigenvalue weighted by Crippen LogP contribution is 2.10. The second-order valence-corrected chi connectivity index (χ2v) is 8.81. The highest BCUT2D eigenvalue weighted by molar-refractivity contribution is 7.80.